The zero-order valence-corrected chi connectivity index (χ0v) is 18.0. The molecule has 1 unspecified atom stereocenters. The van der Waals surface area contributed by atoms with Gasteiger partial charge in [0, 0.05) is 16.8 Å². The van der Waals surface area contributed by atoms with E-state index in [0.29, 0.717) is 27.5 Å². The van der Waals surface area contributed by atoms with Crippen LogP contribution in [-0.4, -0.2) is 18.6 Å². The fourth-order valence-electron chi connectivity index (χ4n) is 2.44. The Labute approximate surface area is 174 Å². The molecule has 0 aliphatic heterocycles. The van der Waals surface area contributed by atoms with Gasteiger partial charge in [-0.3, -0.25) is 4.79 Å². The van der Waals surface area contributed by atoms with Crippen molar-refractivity contribution < 1.29 is 14.3 Å². The van der Waals surface area contributed by atoms with E-state index >= 15 is 0 Å². The van der Waals surface area contributed by atoms with E-state index in [1.54, 1.807) is 25.1 Å². The summed E-state index contributed by atoms with van der Waals surface area (Å²) in [6.07, 6.45) is 3.96. The molecule has 0 aliphatic rings. The number of carbonyl (C=O) groups is 1. The van der Waals surface area contributed by atoms with E-state index in [1.165, 1.54) is 19.3 Å². The van der Waals surface area contributed by atoms with Crippen molar-refractivity contribution in [3.05, 3.63) is 52.0 Å². The monoisotopic (exact) mass is 453 g/mol. The molecule has 0 aromatic heterocycles. The van der Waals surface area contributed by atoms with Crippen molar-refractivity contribution in [2.24, 2.45) is 0 Å². The maximum Gasteiger partial charge on any atom is 0.265 e. The molecule has 6 heteroatoms. The Hall–Kier alpha value is -1.72. The van der Waals surface area contributed by atoms with Gasteiger partial charge in [-0.15, -0.1) is 0 Å². The van der Waals surface area contributed by atoms with Crippen LogP contribution >= 0.6 is 27.5 Å². The van der Waals surface area contributed by atoms with Crippen molar-refractivity contribution in [2.75, 3.05) is 11.9 Å². The number of hydrogen-bond acceptors (Lipinski definition) is 3. The zero-order valence-electron chi connectivity index (χ0n) is 15.6. The third-order valence-corrected chi connectivity index (χ3v) is 4.79. The first-order valence-corrected chi connectivity index (χ1v) is 10.3. The second-order valence-electron chi connectivity index (χ2n) is 6.26. The molecule has 0 fully saturated rings. The van der Waals surface area contributed by atoms with E-state index < -0.39 is 6.10 Å². The highest BCUT2D eigenvalue weighted by Gasteiger charge is 2.16. The van der Waals surface area contributed by atoms with Crippen LogP contribution in [0.1, 0.15) is 39.5 Å². The summed E-state index contributed by atoms with van der Waals surface area (Å²) in [4.78, 5) is 12.4. The Morgan fingerprint density at radius 3 is 2.74 bits per heavy atom. The fourth-order valence-corrected chi connectivity index (χ4v) is 3.22. The van der Waals surface area contributed by atoms with Gasteiger partial charge in [-0.25, -0.2) is 0 Å². The van der Waals surface area contributed by atoms with Crippen molar-refractivity contribution in [2.45, 2.75) is 45.6 Å². The maximum absolute atomic E-state index is 12.4. The first-order chi connectivity index (χ1) is 13.0. The number of unbranched alkanes of at least 4 members (excludes halogenated alkanes) is 3. The van der Waals surface area contributed by atoms with Crippen molar-refractivity contribution in [3.8, 4) is 11.5 Å². The van der Waals surface area contributed by atoms with Gasteiger partial charge < -0.3 is 14.8 Å². The highest BCUT2D eigenvalue weighted by molar-refractivity contribution is 9.10. The van der Waals surface area contributed by atoms with Crippen molar-refractivity contribution in [1.82, 2.24) is 0 Å². The van der Waals surface area contributed by atoms with Gasteiger partial charge >= 0.3 is 0 Å². The van der Waals surface area contributed by atoms with Crippen LogP contribution in [-0.2, 0) is 4.79 Å². The first-order valence-electron chi connectivity index (χ1n) is 9.15. The number of nitrogens with one attached hydrogen (secondary N) is 1. The maximum atomic E-state index is 12.4. The molecule has 0 bridgehead atoms. The van der Waals surface area contributed by atoms with Gasteiger partial charge in [-0.1, -0.05) is 43.9 Å². The smallest absolute Gasteiger partial charge is 0.265 e. The van der Waals surface area contributed by atoms with E-state index in [4.69, 9.17) is 21.1 Å². The van der Waals surface area contributed by atoms with Gasteiger partial charge in [0.2, 0.25) is 0 Å². The molecule has 0 saturated carbocycles. The molecule has 0 spiro atoms. The van der Waals surface area contributed by atoms with Gasteiger partial charge in [0.05, 0.1) is 11.1 Å². The lowest BCUT2D eigenvalue weighted by Gasteiger charge is -2.16. The quantitative estimate of drug-likeness (QED) is 0.419. The fraction of sp³-hybridized carbons (Fsp3) is 0.381. The number of amides is 1. The summed E-state index contributed by atoms with van der Waals surface area (Å²) in [5.74, 6) is 1.07. The van der Waals surface area contributed by atoms with E-state index in [2.05, 4.69) is 28.2 Å². The second-order valence-corrected chi connectivity index (χ2v) is 7.55. The Morgan fingerprint density at radius 2 is 2.00 bits per heavy atom. The minimum Gasteiger partial charge on any atom is -0.494 e. The second kappa shape index (κ2) is 11.2. The van der Waals surface area contributed by atoms with Crippen LogP contribution in [0.4, 0.5) is 5.69 Å². The van der Waals surface area contributed by atoms with E-state index in [0.717, 1.165) is 12.2 Å². The molecule has 0 radical (unpaired) electrons. The summed E-state index contributed by atoms with van der Waals surface area (Å²) in [6.45, 7) is 4.56. The normalized spacial score (nSPS) is 11.7. The Bertz CT molecular complexity index is 754. The van der Waals surface area contributed by atoms with Crippen molar-refractivity contribution in [1.29, 1.82) is 0 Å². The standard InChI is InChI=1S/C21H25BrClNO3/c1-3-4-5-6-12-26-18-9-7-8-17(14-18)24-21(25)15(2)27-20-11-10-16(23)13-19(20)22/h7-11,13-15H,3-6,12H2,1-2H3,(H,24,25). The van der Waals surface area contributed by atoms with Gasteiger partial charge in [0.25, 0.3) is 5.91 Å². The molecule has 4 nitrogen and oxygen atoms in total. The Kier molecular flexibility index (Phi) is 8.95. The lowest BCUT2D eigenvalue weighted by atomic mass is 10.2. The molecule has 0 aliphatic carbocycles. The van der Waals surface area contributed by atoms with Crippen LogP contribution < -0.4 is 14.8 Å². The van der Waals surface area contributed by atoms with E-state index in [-0.39, 0.29) is 5.91 Å². The SMILES string of the molecule is CCCCCCOc1cccc(NC(=O)C(C)Oc2ccc(Cl)cc2Br)c1. The summed E-state index contributed by atoms with van der Waals surface area (Å²) in [5, 5.41) is 3.45. The van der Waals surface area contributed by atoms with Crippen LogP contribution in [0.25, 0.3) is 0 Å². The third kappa shape index (κ3) is 7.43. The van der Waals surface area contributed by atoms with Crippen molar-refractivity contribution in [3.63, 3.8) is 0 Å². The summed E-state index contributed by atoms with van der Waals surface area (Å²) in [6, 6.07) is 12.6. The van der Waals surface area contributed by atoms with Gasteiger partial charge in [0.15, 0.2) is 6.10 Å². The number of anilines is 1. The molecule has 0 saturated heterocycles. The summed E-state index contributed by atoms with van der Waals surface area (Å²) < 4.78 is 12.2. The minimum absolute atomic E-state index is 0.239. The van der Waals surface area contributed by atoms with E-state index in [1.807, 2.05) is 24.3 Å². The molecule has 146 valence electrons. The molecule has 2 aromatic rings. The molecule has 1 N–H and O–H groups in total. The first kappa shape index (κ1) is 21.6. The van der Waals surface area contributed by atoms with Crippen LogP contribution in [0, 0.1) is 0 Å². The van der Waals surface area contributed by atoms with Gasteiger partial charge in [0.1, 0.15) is 11.5 Å². The molecular formula is C21H25BrClNO3. The lowest BCUT2D eigenvalue weighted by molar-refractivity contribution is -0.122. The Balaban J connectivity index is 1.87. The highest BCUT2D eigenvalue weighted by atomic mass is 79.9. The molecule has 0 heterocycles. The van der Waals surface area contributed by atoms with Gasteiger partial charge in [-0.05, 0) is 59.6 Å². The van der Waals surface area contributed by atoms with Crippen LogP contribution in [0.2, 0.25) is 5.02 Å². The lowest BCUT2D eigenvalue weighted by Crippen LogP contribution is -2.30. The predicted molar refractivity (Wildman–Crippen MR) is 114 cm³/mol. The number of ether oxygens (including phenoxy) is 2. The molecule has 2 rings (SSSR count). The molecule has 1 amide bonds. The van der Waals surface area contributed by atoms with Crippen LogP contribution in [0.3, 0.4) is 0 Å². The summed E-state index contributed by atoms with van der Waals surface area (Å²) in [7, 11) is 0. The summed E-state index contributed by atoms with van der Waals surface area (Å²) in [5.41, 5.74) is 0.677. The molecule has 27 heavy (non-hydrogen) atoms. The zero-order chi connectivity index (χ0) is 19.6. The van der Waals surface area contributed by atoms with E-state index in [9.17, 15) is 4.79 Å². The van der Waals surface area contributed by atoms with Crippen LogP contribution in [0.15, 0.2) is 46.9 Å². The van der Waals surface area contributed by atoms with Crippen molar-refractivity contribution >= 4 is 39.1 Å². The molecule has 1 atom stereocenters. The number of benzene rings is 2. The van der Waals surface area contributed by atoms with Crippen LogP contribution in [0.5, 0.6) is 11.5 Å². The third-order valence-electron chi connectivity index (χ3n) is 3.94. The topological polar surface area (TPSA) is 47.6 Å². The summed E-state index contributed by atoms with van der Waals surface area (Å²) >= 11 is 9.31. The Morgan fingerprint density at radius 1 is 1.19 bits per heavy atom. The number of carbonyl (C=O) groups excluding carboxylic acids is 1. The average Bonchev–Trinajstić information content (AvgIpc) is 2.64. The largest absolute Gasteiger partial charge is 0.494 e. The predicted octanol–water partition coefficient (Wildman–Crippen LogP) is 6.47. The average molecular weight is 455 g/mol. The van der Waals surface area contributed by atoms with Gasteiger partial charge in [-0.2, -0.15) is 0 Å². The number of halogens is 2. The number of hydrogen-bond donors (Lipinski definition) is 1. The number of rotatable bonds is 10. The molecular weight excluding hydrogens is 430 g/mol. The molecule has 2 aromatic carbocycles. The minimum atomic E-state index is -0.666. The highest BCUT2D eigenvalue weighted by Crippen LogP contribution is 2.29.